The number of carbonyl (C=O) groups excluding carboxylic acids is 2. The lowest BCUT2D eigenvalue weighted by molar-refractivity contribution is -0.185. The van der Waals surface area contributed by atoms with Crippen LogP contribution in [-0.4, -0.2) is 106 Å². The Morgan fingerprint density at radius 3 is 2.82 bits per heavy atom. The highest BCUT2D eigenvalue weighted by Gasteiger charge is 2.55. The topological polar surface area (TPSA) is 133 Å². The molecule has 4 aliphatic rings. The molecular formula is C26H33FN6O5. The van der Waals surface area contributed by atoms with E-state index >= 15 is 0 Å². The van der Waals surface area contributed by atoms with E-state index in [4.69, 9.17) is 9.47 Å². The number of hydrogen-bond donors (Lipinski definition) is 3. The zero-order valence-corrected chi connectivity index (χ0v) is 21.4. The molecule has 5 heterocycles. The summed E-state index contributed by atoms with van der Waals surface area (Å²) < 4.78 is 24.6. The van der Waals surface area contributed by atoms with Crippen molar-refractivity contribution >= 4 is 11.8 Å². The Morgan fingerprint density at radius 2 is 2.11 bits per heavy atom. The molecule has 2 aromatic heterocycles. The highest BCUT2D eigenvalue weighted by molar-refractivity contribution is 5.94. The van der Waals surface area contributed by atoms with Crippen LogP contribution < -0.4 is 10.1 Å². The number of nitrogens with one attached hydrogen (secondary N) is 2. The number of methoxy groups -OCH3 is 1. The fourth-order valence-electron chi connectivity index (χ4n) is 6.06. The van der Waals surface area contributed by atoms with Crippen LogP contribution in [0.25, 0.3) is 11.3 Å². The molecule has 11 nitrogen and oxygen atoms in total. The maximum absolute atomic E-state index is 14.3. The van der Waals surface area contributed by atoms with Crippen molar-refractivity contribution in [2.75, 3.05) is 46.5 Å². The first-order valence-electron chi connectivity index (χ1n) is 13.2. The van der Waals surface area contributed by atoms with Crippen molar-refractivity contribution in [3.05, 3.63) is 29.8 Å². The fourth-order valence-corrected chi connectivity index (χ4v) is 6.06. The van der Waals surface area contributed by atoms with Crippen LogP contribution in [0.15, 0.2) is 18.3 Å². The van der Waals surface area contributed by atoms with Gasteiger partial charge in [0.05, 0.1) is 32.2 Å². The number of carbonyl (C=O) groups is 2. The molecule has 0 aromatic carbocycles. The lowest BCUT2D eigenvalue weighted by Crippen LogP contribution is -2.57. The molecule has 1 saturated carbocycles. The van der Waals surface area contributed by atoms with Gasteiger partial charge in [-0.25, -0.2) is 9.37 Å². The molecular weight excluding hydrogens is 495 g/mol. The van der Waals surface area contributed by atoms with E-state index in [0.29, 0.717) is 44.8 Å². The van der Waals surface area contributed by atoms with E-state index in [-0.39, 0.29) is 46.5 Å². The third kappa shape index (κ3) is 4.76. The number of piperidine rings is 1. The number of pyridine rings is 1. The van der Waals surface area contributed by atoms with E-state index in [1.54, 1.807) is 6.07 Å². The summed E-state index contributed by atoms with van der Waals surface area (Å²) in [5, 5.41) is 20.5. The summed E-state index contributed by atoms with van der Waals surface area (Å²) >= 11 is 0. The number of ether oxygens (including phenoxy) is 2. The molecule has 3 saturated heterocycles. The van der Waals surface area contributed by atoms with E-state index in [1.165, 1.54) is 13.2 Å². The number of nitrogens with zero attached hydrogens (tertiary/aromatic N) is 4. The zero-order chi connectivity index (χ0) is 26.5. The number of aromatic nitrogens is 3. The van der Waals surface area contributed by atoms with Crippen molar-refractivity contribution in [1.29, 1.82) is 0 Å². The summed E-state index contributed by atoms with van der Waals surface area (Å²) in [5.41, 5.74) is -0.273. The number of aliphatic hydroxyl groups is 1. The van der Waals surface area contributed by atoms with E-state index in [0.717, 1.165) is 38.5 Å². The number of H-pyrrole nitrogens is 1. The molecule has 1 spiro atoms. The lowest BCUT2D eigenvalue weighted by Gasteiger charge is -2.40. The molecule has 6 rings (SSSR count). The first-order chi connectivity index (χ1) is 18.3. The minimum Gasteiger partial charge on any atom is -0.481 e. The number of rotatable bonds is 7. The molecule has 3 N–H and O–H groups in total. The summed E-state index contributed by atoms with van der Waals surface area (Å²) in [7, 11) is 1.45. The molecule has 1 aliphatic carbocycles. The monoisotopic (exact) mass is 528 g/mol. The highest BCUT2D eigenvalue weighted by atomic mass is 19.1. The Morgan fingerprint density at radius 1 is 1.29 bits per heavy atom. The van der Waals surface area contributed by atoms with E-state index in [9.17, 15) is 19.1 Å². The molecule has 0 bridgehead atoms. The van der Waals surface area contributed by atoms with Gasteiger partial charge in [0.15, 0.2) is 11.5 Å². The van der Waals surface area contributed by atoms with E-state index < -0.39 is 11.4 Å². The third-order valence-corrected chi connectivity index (χ3v) is 8.35. The first kappa shape index (κ1) is 25.2. The molecule has 3 aliphatic heterocycles. The van der Waals surface area contributed by atoms with Crippen molar-refractivity contribution < 1.29 is 28.6 Å². The Labute approximate surface area is 219 Å². The van der Waals surface area contributed by atoms with Crippen LogP contribution in [-0.2, 0) is 9.53 Å². The van der Waals surface area contributed by atoms with Crippen LogP contribution in [0.3, 0.4) is 0 Å². The highest BCUT2D eigenvalue weighted by Crippen LogP contribution is 2.50. The Bertz CT molecular complexity index is 1230. The number of hydrogen-bond acceptors (Lipinski definition) is 8. The number of halogens is 1. The maximum atomic E-state index is 14.3. The van der Waals surface area contributed by atoms with Gasteiger partial charge in [-0.2, -0.15) is 5.10 Å². The van der Waals surface area contributed by atoms with Gasteiger partial charge in [-0.05, 0) is 38.2 Å². The molecule has 0 radical (unpaired) electrons. The van der Waals surface area contributed by atoms with Gasteiger partial charge in [-0.1, -0.05) is 0 Å². The quantitative estimate of drug-likeness (QED) is 0.484. The molecule has 2 atom stereocenters. The second-order valence-corrected chi connectivity index (χ2v) is 11.2. The minimum atomic E-state index is -0.759. The molecule has 2 aromatic rings. The van der Waals surface area contributed by atoms with Crippen molar-refractivity contribution in [2.45, 2.75) is 49.3 Å². The third-order valence-electron chi connectivity index (χ3n) is 8.35. The van der Waals surface area contributed by atoms with Crippen molar-refractivity contribution in [3.8, 4) is 17.1 Å². The first-order valence-corrected chi connectivity index (χ1v) is 13.2. The van der Waals surface area contributed by atoms with Gasteiger partial charge in [-0.3, -0.25) is 19.6 Å². The van der Waals surface area contributed by atoms with Gasteiger partial charge in [0.2, 0.25) is 11.8 Å². The Kier molecular flexibility index (Phi) is 6.36. The average molecular weight is 529 g/mol. The van der Waals surface area contributed by atoms with E-state index in [2.05, 4.69) is 25.4 Å². The number of β-amino-alcohol motifs (C(OH)–C–C–N with tert-alkyl or cyclic N) is 1. The maximum Gasteiger partial charge on any atom is 0.274 e. The van der Waals surface area contributed by atoms with Crippen LogP contribution in [0, 0.1) is 11.7 Å². The average Bonchev–Trinajstić information content (AvgIpc) is 3.27. The largest absolute Gasteiger partial charge is 0.481 e. The van der Waals surface area contributed by atoms with Gasteiger partial charge in [-0.15, -0.1) is 0 Å². The van der Waals surface area contributed by atoms with Crippen LogP contribution in [0.4, 0.5) is 4.39 Å². The van der Waals surface area contributed by atoms with Crippen molar-refractivity contribution in [1.82, 2.24) is 30.3 Å². The van der Waals surface area contributed by atoms with Gasteiger partial charge >= 0.3 is 0 Å². The summed E-state index contributed by atoms with van der Waals surface area (Å²) in [6, 6.07) is 3.07. The van der Waals surface area contributed by atoms with Crippen LogP contribution in [0.5, 0.6) is 5.88 Å². The van der Waals surface area contributed by atoms with Crippen molar-refractivity contribution in [3.63, 3.8) is 0 Å². The molecule has 0 unspecified atom stereocenters. The summed E-state index contributed by atoms with van der Waals surface area (Å²) in [6.07, 6.45) is 4.85. The van der Waals surface area contributed by atoms with Crippen LogP contribution in [0.1, 0.15) is 42.6 Å². The standard InChI is InChI=1S/C26H33FN6O5/c1-37-22-8-18(19(27)11-28-22)20-9-21(31-30-20)24(35)33-7-2-16(10-25(33)4-5-25)23(34)29-17-3-6-32(12-17)13-26(36)14-38-15-26/h8-9,11,16-17,36H,2-7,10,12-15H2,1H3,(H,29,34)(H,30,31)/t16-,17-/m0/s1. The SMILES string of the molecule is COc1cc(-c2cc(C(=O)N3CC[C@H](C(=O)N[C@H]4CCN(CC5(O)COC5)C4)CC34CC4)n[nH]2)c(F)cn1. The predicted octanol–water partition coefficient (Wildman–Crippen LogP) is 0.956. The molecule has 204 valence electrons. The predicted molar refractivity (Wildman–Crippen MR) is 133 cm³/mol. The Balaban J connectivity index is 1.06. The minimum absolute atomic E-state index is 0.0464. The Hall–Kier alpha value is -3.09. The number of likely N-dealkylation sites (tertiary alicyclic amines) is 2. The second-order valence-electron chi connectivity index (χ2n) is 11.2. The van der Waals surface area contributed by atoms with Gasteiger partial charge in [0.25, 0.3) is 5.91 Å². The van der Waals surface area contributed by atoms with Crippen LogP contribution >= 0.6 is 0 Å². The molecule has 2 amide bonds. The normalized spacial score (nSPS) is 25.7. The summed E-state index contributed by atoms with van der Waals surface area (Å²) in [4.78, 5) is 34.4. The lowest BCUT2D eigenvalue weighted by atomic mass is 9.87. The van der Waals surface area contributed by atoms with Crippen molar-refractivity contribution in [2.24, 2.45) is 5.92 Å². The summed E-state index contributed by atoms with van der Waals surface area (Å²) in [6.45, 7) is 3.34. The van der Waals surface area contributed by atoms with Crippen LogP contribution in [0.2, 0.25) is 0 Å². The molecule has 38 heavy (non-hydrogen) atoms. The van der Waals surface area contributed by atoms with E-state index in [1.807, 2.05) is 4.90 Å². The number of aromatic amines is 1. The fraction of sp³-hybridized carbons (Fsp3) is 0.615. The molecule has 4 fully saturated rings. The van der Waals surface area contributed by atoms with Gasteiger partial charge in [0, 0.05) is 55.3 Å². The molecule has 12 heteroatoms. The zero-order valence-electron chi connectivity index (χ0n) is 21.4. The summed E-state index contributed by atoms with van der Waals surface area (Å²) in [5.74, 6) is -0.596. The second kappa shape index (κ2) is 9.58. The van der Waals surface area contributed by atoms with Gasteiger partial charge in [0.1, 0.15) is 5.60 Å². The smallest absolute Gasteiger partial charge is 0.274 e. The van der Waals surface area contributed by atoms with Gasteiger partial charge < -0.3 is 24.8 Å². The number of amides is 2.